The number of hydrogen-bond donors (Lipinski definition) is 0. The highest BCUT2D eigenvalue weighted by molar-refractivity contribution is 6.29. The zero-order chi connectivity index (χ0) is 18.7. The molecule has 0 atom stereocenters. The fraction of sp³-hybridized carbons (Fsp3) is 0.600. The minimum Gasteiger partial charge on any atom is -0.467 e. The molecule has 0 aliphatic heterocycles. The first-order valence-electron chi connectivity index (χ1n) is 7.17. The fourth-order valence-corrected chi connectivity index (χ4v) is 1.64. The predicted molar refractivity (Wildman–Crippen MR) is 88.5 cm³/mol. The summed E-state index contributed by atoms with van der Waals surface area (Å²) in [5, 5.41) is -0.00559. The lowest BCUT2D eigenvalue weighted by Crippen LogP contribution is -2.44. The molecule has 1 aromatic rings. The molecule has 2 amide bonds. The number of ether oxygens (including phenoxy) is 3. The van der Waals surface area contributed by atoms with Crippen LogP contribution in [0.1, 0.15) is 41.5 Å². The molecule has 0 unspecified atom stereocenters. The highest BCUT2D eigenvalue weighted by Gasteiger charge is 2.34. The Kier molecular flexibility index (Phi) is 5.99. The Hall–Kier alpha value is -2.09. The Morgan fingerprint density at radius 2 is 1.46 bits per heavy atom. The number of carbonyl (C=O) groups is 2. The quantitative estimate of drug-likeness (QED) is 0.741. The number of amides is 2. The molecule has 0 aromatic carbocycles. The Bertz CT molecular complexity index is 595. The van der Waals surface area contributed by atoms with Crippen LogP contribution < -0.4 is 9.64 Å². The highest BCUT2D eigenvalue weighted by Crippen LogP contribution is 2.24. The predicted octanol–water partition coefficient (Wildman–Crippen LogP) is 3.82. The maximum atomic E-state index is 12.5. The van der Waals surface area contributed by atoms with Crippen LogP contribution >= 0.6 is 11.6 Å². The van der Waals surface area contributed by atoms with Crippen LogP contribution in [0.25, 0.3) is 0 Å². The molecule has 0 N–H and O–H groups in total. The van der Waals surface area contributed by atoms with Crippen molar-refractivity contribution in [2.45, 2.75) is 52.7 Å². The second-order valence-corrected chi connectivity index (χ2v) is 7.22. The molecule has 0 spiro atoms. The molecule has 0 saturated heterocycles. The van der Waals surface area contributed by atoms with Gasteiger partial charge in [-0.15, -0.1) is 0 Å². The van der Waals surface area contributed by atoms with Gasteiger partial charge in [-0.25, -0.2) is 9.59 Å². The Morgan fingerprint density at radius 1 is 1.00 bits per heavy atom. The van der Waals surface area contributed by atoms with E-state index in [1.54, 1.807) is 41.5 Å². The molecule has 1 heterocycles. The van der Waals surface area contributed by atoms with Gasteiger partial charge in [0, 0.05) is 6.07 Å². The van der Waals surface area contributed by atoms with E-state index in [2.05, 4.69) is 9.97 Å². The van der Waals surface area contributed by atoms with Gasteiger partial charge in [-0.1, -0.05) is 11.6 Å². The highest BCUT2D eigenvalue weighted by atomic mass is 35.5. The van der Waals surface area contributed by atoms with Gasteiger partial charge in [-0.3, -0.25) is 0 Å². The minimum atomic E-state index is -0.950. The molecule has 0 fully saturated rings. The van der Waals surface area contributed by atoms with E-state index in [4.69, 9.17) is 25.8 Å². The minimum absolute atomic E-state index is 0.00559. The molecule has 9 heteroatoms. The van der Waals surface area contributed by atoms with Crippen molar-refractivity contribution in [3.05, 3.63) is 11.2 Å². The number of anilines is 1. The van der Waals surface area contributed by atoms with Gasteiger partial charge < -0.3 is 14.2 Å². The van der Waals surface area contributed by atoms with Gasteiger partial charge in [0.2, 0.25) is 0 Å². The summed E-state index contributed by atoms with van der Waals surface area (Å²) >= 11 is 5.89. The first-order chi connectivity index (χ1) is 10.8. The van der Waals surface area contributed by atoms with Gasteiger partial charge in [0.25, 0.3) is 0 Å². The summed E-state index contributed by atoms with van der Waals surface area (Å²) < 4.78 is 15.4. The lowest BCUT2D eigenvalue weighted by molar-refractivity contribution is 0.0429. The van der Waals surface area contributed by atoms with Crippen molar-refractivity contribution < 1.29 is 23.8 Å². The van der Waals surface area contributed by atoms with Crippen molar-refractivity contribution in [3.63, 3.8) is 0 Å². The zero-order valence-corrected chi connectivity index (χ0v) is 15.6. The summed E-state index contributed by atoms with van der Waals surface area (Å²) in [6.45, 7) is 10.0. The summed E-state index contributed by atoms with van der Waals surface area (Å²) in [6, 6.07) is 1.13. The topological polar surface area (TPSA) is 90.8 Å². The van der Waals surface area contributed by atoms with Crippen molar-refractivity contribution in [3.8, 4) is 6.01 Å². The van der Waals surface area contributed by atoms with Crippen LogP contribution in [-0.4, -0.2) is 40.5 Å². The summed E-state index contributed by atoms with van der Waals surface area (Å²) in [6.07, 6.45) is -1.90. The summed E-state index contributed by atoms with van der Waals surface area (Å²) in [5.41, 5.74) is -1.64. The first-order valence-corrected chi connectivity index (χ1v) is 7.55. The van der Waals surface area contributed by atoms with E-state index in [0.29, 0.717) is 4.90 Å². The second kappa shape index (κ2) is 7.21. The van der Waals surface area contributed by atoms with Gasteiger partial charge in [0.15, 0.2) is 5.82 Å². The molecule has 0 aliphatic rings. The van der Waals surface area contributed by atoms with Crippen molar-refractivity contribution in [2.75, 3.05) is 12.0 Å². The van der Waals surface area contributed by atoms with Crippen LogP contribution in [0, 0.1) is 0 Å². The molecule has 1 aromatic heterocycles. The van der Waals surface area contributed by atoms with E-state index in [0.717, 1.165) is 0 Å². The van der Waals surface area contributed by atoms with Gasteiger partial charge in [0.1, 0.15) is 16.4 Å². The average Bonchev–Trinajstić information content (AvgIpc) is 2.33. The third-order valence-corrected chi connectivity index (χ3v) is 2.42. The molecule has 8 nitrogen and oxygen atoms in total. The van der Waals surface area contributed by atoms with E-state index in [9.17, 15) is 9.59 Å². The molecule has 1 rings (SSSR count). The number of halogens is 1. The number of carbonyl (C=O) groups excluding carboxylic acids is 2. The monoisotopic (exact) mass is 359 g/mol. The van der Waals surface area contributed by atoms with Crippen LogP contribution in [0.4, 0.5) is 15.4 Å². The van der Waals surface area contributed by atoms with E-state index in [1.807, 2.05) is 0 Å². The molecule has 0 saturated carbocycles. The molecule has 0 aliphatic carbocycles. The SMILES string of the molecule is COc1nc(Cl)cc(N(C(=O)OC(C)(C)C)C(=O)OC(C)(C)C)n1. The smallest absolute Gasteiger partial charge is 0.425 e. The summed E-state index contributed by atoms with van der Waals surface area (Å²) in [4.78, 5) is 33.3. The molecule has 24 heavy (non-hydrogen) atoms. The van der Waals surface area contributed by atoms with E-state index < -0.39 is 23.4 Å². The van der Waals surface area contributed by atoms with Crippen LogP contribution in [0.15, 0.2) is 6.07 Å². The standard InChI is InChI=1S/C15H22ClN3O5/c1-14(2,3)23-12(20)19(13(21)24-15(4,5)6)10-8-9(16)17-11(18-10)22-7/h8H,1-7H3. The van der Waals surface area contributed by atoms with Crippen molar-refractivity contribution in [2.24, 2.45) is 0 Å². The molecular weight excluding hydrogens is 338 g/mol. The second-order valence-electron chi connectivity index (χ2n) is 6.83. The number of methoxy groups -OCH3 is 1. The lowest BCUT2D eigenvalue weighted by Gasteiger charge is -2.28. The fourth-order valence-electron chi connectivity index (χ4n) is 1.47. The maximum absolute atomic E-state index is 12.5. The molecular formula is C15H22ClN3O5. The number of hydrogen-bond acceptors (Lipinski definition) is 7. The summed E-state index contributed by atoms with van der Waals surface area (Å²) in [5.74, 6) is -0.115. The van der Waals surface area contributed by atoms with Gasteiger partial charge in [-0.05, 0) is 41.5 Å². The van der Waals surface area contributed by atoms with Gasteiger partial charge in [-0.2, -0.15) is 14.9 Å². The average molecular weight is 360 g/mol. The largest absolute Gasteiger partial charge is 0.467 e. The van der Waals surface area contributed by atoms with Crippen LogP contribution in [0.3, 0.4) is 0 Å². The van der Waals surface area contributed by atoms with Crippen LogP contribution in [0.5, 0.6) is 6.01 Å². The van der Waals surface area contributed by atoms with Crippen LogP contribution in [0.2, 0.25) is 5.15 Å². The van der Waals surface area contributed by atoms with E-state index >= 15 is 0 Å². The number of imide groups is 1. The molecule has 0 radical (unpaired) electrons. The van der Waals surface area contributed by atoms with Crippen molar-refractivity contribution in [1.29, 1.82) is 0 Å². The first kappa shape index (κ1) is 20.0. The van der Waals surface area contributed by atoms with Gasteiger partial charge in [0.05, 0.1) is 7.11 Å². The third-order valence-electron chi connectivity index (χ3n) is 2.22. The lowest BCUT2D eigenvalue weighted by atomic mass is 10.2. The number of nitrogens with zero attached hydrogens (tertiary/aromatic N) is 3. The third kappa shape index (κ3) is 6.19. The van der Waals surface area contributed by atoms with E-state index in [1.165, 1.54) is 13.2 Å². The number of aromatic nitrogens is 2. The Morgan fingerprint density at radius 3 is 1.83 bits per heavy atom. The van der Waals surface area contributed by atoms with Gasteiger partial charge >= 0.3 is 18.2 Å². The Labute approximate surface area is 146 Å². The van der Waals surface area contributed by atoms with Crippen molar-refractivity contribution >= 4 is 29.6 Å². The Balaban J connectivity index is 3.30. The molecule has 0 bridgehead atoms. The van der Waals surface area contributed by atoms with Crippen LogP contribution in [-0.2, 0) is 9.47 Å². The zero-order valence-electron chi connectivity index (χ0n) is 14.8. The molecule has 134 valence electrons. The number of rotatable bonds is 2. The van der Waals surface area contributed by atoms with E-state index in [-0.39, 0.29) is 17.0 Å². The van der Waals surface area contributed by atoms with Crippen molar-refractivity contribution in [1.82, 2.24) is 9.97 Å². The maximum Gasteiger partial charge on any atom is 0.425 e. The summed E-state index contributed by atoms with van der Waals surface area (Å²) in [7, 11) is 1.33. The normalized spacial score (nSPS) is 11.7.